The van der Waals surface area contributed by atoms with Gasteiger partial charge in [-0.25, -0.2) is 0 Å². The van der Waals surface area contributed by atoms with Gasteiger partial charge in [-0.2, -0.15) is 0 Å². The second-order valence-corrected chi connectivity index (χ2v) is 5.29. The average Bonchev–Trinajstić information content (AvgIpc) is 3.26. The molecule has 20 heavy (non-hydrogen) atoms. The first kappa shape index (κ1) is 14.7. The Hall–Kier alpha value is -1.75. The van der Waals surface area contributed by atoms with E-state index in [0.29, 0.717) is 18.0 Å². The van der Waals surface area contributed by atoms with E-state index >= 15 is 0 Å². The van der Waals surface area contributed by atoms with Gasteiger partial charge < -0.3 is 19.9 Å². The summed E-state index contributed by atoms with van der Waals surface area (Å²) in [6, 6.07) is 5.40. The summed E-state index contributed by atoms with van der Waals surface area (Å²) in [6.45, 7) is 0.680. The van der Waals surface area contributed by atoms with Gasteiger partial charge >= 0.3 is 0 Å². The molecule has 1 aliphatic carbocycles. The largest absolute Gasteiger partial charge is 0.497 e. The third-order valence-electron chi connectivity index (χ3n) is 3.80. The van der Waals surface area contributed by atoms with Gasteiger partial charge in [0, 0.05) is 23.6 Å². The summed E-state index contributed by atoms with van der Waals surface area (Å²) in [4.78, 5) is 11.9. The summed E-state index contributed by atoms with van der Waals surface area (Å²) in [7, 11) is 3.16. The second-order valence-electron chi connectivity index (χ2n) is 5.29. The summed E-state index contributed by atoms with van der Waals surface area (Å²) in [6.07, 6.45) is 2.22. The van der Waals surface area contributed by atoms with Crippen molar-refractivity contribution in [3.63, 3.8) is 0 Å². The highest BCUT2D eigenvalue weighted by Gasteiger charge is 2.42. The second kappa shape index (κ2) is 6.13. The van der Waals surface area contributed by atoms with Crippen molar-refractivity contribution in [3.05, 3.63) is 23.8 Å². The summed E-state index contributed by atoms with van der Waals surface area (Å²) in [5.74, 6) is 1.28. The molecule has 0 unspecified atom stereocenters. The van der Waals surface area contributed by atoms with Crippen LogP contribution in [-0.2, 0) is 11.2 Å². The fourth-order valence-electron chi connectivity index (χ4n) is 2.09. The molecule has 2 rings (SSSR count). The van der Waals surface area contributed by atoms with Gasteiger partial charge in [0.15, 0.2) is 0 Å². The molecule has 5 nitrogen and oxygen atoms in total. The van der Waals surface area contributed by atoms with E-state index < -0.39 is 0 Å². The van der Waals surface area contributed by atoms with Crippen molar-refractivity contribution in [1.29, 1.82) is 0 Å². The van der Waals surface area contributed by atoms with E-state index in [-0.39, 0.29) is 24.3 Å². The third kappa shape index (κ3) is 3.42. The fourth-order valence-corrected chi connectivity index (χ4v) is 2.09. The molecule has 5 heteroatoms. The number of carbonyl (C=O) groups is 1. The summed E-state index contributed by atoms with van der Waals surface area (Å²) in [5.41, 5.74) is 0.749. The van der Waals surface area contributed by atoms with Crippen LogP contribution < -0.4 is 14.8 Å². The smallest absolute Gasteiger partial charge is 0.224 e. The lowest BCUT2D eigenvalue weighted by Crippen LogP contribution is -2.32. The summed E-state index contributed by atoms with van der Waals surface area (Å²) < 4.78 is 10.4. The first-order valence-corrected chi connectivity index (χ1v) is 6.71. The Kier molecular flexibility index (Phi) is 4.49. The van der Waals surface area contributed by atoms with Gasteiger partial charge in [0.05, 0.1) is 27.2 Å². The van der Waals surface area contributed by atoms with Crippen molar-refractivity contribution >= 4 is 5.91 Å². The SMILES string of the molecule is COc1ccc(CC(=O)NCC2(CO)CC2)c(OC)c1. The fraction of sp³-hybridized carbons (Fsp3) is 0.533. The van der Waals surface area contributed by atoms with Crippen LogP contribution in [0, 0.1) is 5.41 Å². The minimum Gasteiger partial charge on any atom is -0.497 e. The molecule has 1 amide bonds. The Morgan fingerprint density at radius 1 is 1.35 bits per heavy atom. The molecular formula is C15H21NO4. The molecule has 0 heterocycles. The van der Waals surface area contributed by atoms with Crippen molar-refractivity contribution in [2.24, 2.45) is 5.41 Å². The maximum Gasteiger partial charge on any atom is 0.224 e. The standard InChI is InChI=1S/C15H21NO4/c1-19-12-4-3-11(13(8-12)20-2)7-14(18)16-9-15(10-17)5-6-15/h3-4,8,17H,5-7,9-10H2,1-2H3,(H,16,18). The molecule has 0 atom stereocenters. The van der Waals surface area contributed by atoms with Gasteiger partial charge in [0.2, 0.25) is 5.91 Å². The zero-order chi connectivity index (χ0) is 14.6. The molecule has 0 bridgehead atoms. The highest BCUT2D eigenvalue weighted by atomic mass is 16.5. The van der Waals surface area contributed by atoms with Crippen molar-refractivity contribution in [2.75, 3.05) is 27.4 Å². The van der Waals surface area contributed by atoms with Crippen LogP contribution in [-0.4, -0.2) is 38.4 Å². The number of benzene rings is 1. The van der Waals surface area contributed by atoms with Crippen molar-refractivity contribution in [3.8, 4) is 11.5 Å². The number of aliphatic hydroxyl groups is 1. The molecule has 1 aromatic carbocycles. The molecule has 1 aromatic rings. The molecule has 0 saturated heterocycles. The number of carbonyl (C=O) groups excluding carboxylic acids is 1. The average molecular weight is 279 g/mol. The van der Waals surface area contributed by atoms with E-state index in [1.54, 1.807) is 26.4 Å². The Morgan fingerprint density at radius 2 is 2.10 bits per heavy atom. The number of ether oxygens (including phenoxy) is 2. The zero-order valence-electron chi connectivity index (χ0n) is 11.9. The molecule has 0 aromatic heterocycles. The van der Waals surface area contributed by atoms with Crippen LogP contribution in [0.5, 0.6) is 11.5 Å². The molecule has 1 fully saturated rings. The van der Waals surface area contributed by atoms with Gasteiger partial charge in [0.1, 0.15) is 11.5 Å². The maximum absolute atomic E-state index is 11.9. The molecule has 0 spiro atoms. The van der Waals surface area contributed by atoms with E-state index in [1.165, 1.54) is 0 Å². The van der Waals surface area contributed by atoms with Crippen molar-refractivity contribution < 1.29 is 19.4 Å². The Balaban J connectivity index is 1.93. The van der Waals surface area contributed by atoms with Crippen LogP contribution in [0.3, 0.4) is 0 Å². The number of hydrogen-bond acceptors (Lipinski definition) is 4. The van der Waals surface area contributed by atoms with E-state index in [9.17, 15) is 9.90 Å². The Morgan fingerprint density at radius 3 is 2.65 bits per heavy atom. The predicted molar refractivity (Wildman–Crippen MR) is 75.0 cm³/mol. The third-order valence-corrected chi connectivity index (χ3v) is 3.80. The monoisotopic (exact) mass is 279 g/mol. The van der Waals surface area contributed by atoms with E-state index in [2.05, 4.69) is 5.32 Å². The van der Waals surface area contributed by atoms with Crippen molar-refractivity contribution in [2.45, 2.75) is 19.3 Å². The normalized spacial score (nSPS) is 15.6. The van der Waals surface area contributed by atoms with E-state index in [1.807, 2.05) is 6.07 Å². The summed E-state index contributed by atoms with van der Waals surface area (Å²) in [5, 5.41) is 12.1. The topological polar surface area (TPSA) is 67.8 Å². The van der Waals surface area contributed by atoms with Crippen LogP contribution in [0.25, 0.3) is 0 Å². The highest BCUT2D eigenvalue weighted by molar-refractivity contribution is 5.79. The van der Waals surface area contributed by atoms with Gasteiger partial charge in [-0.05, 0) is 18.9 Å². The minimum absolute atomic E-state index is 0.0619. The molecular weight excluding hydrogens is 258 g/mol. The van der Waals surface area contributed by atoms with Gasteiger partial charge in [0.25, 0.3) is 0 Å². The van der Waals surface area contributed by atoms with Crippen molar-refractivity contribution in [1.82, 2.24) is 5.32 Å². The highest BCUT2D eigenvalue weighted by Crippen LogP contribution is 2.44. The van der Waals surface area contributed by atoms with Crippen LogP contribution in [0.1, 0.15) is 18.4 Å². The minimum atomic E-state index is -0.0698. The molecule has 0 aliphatic heterocycles. The Labute approximate surface area is 118 Å². The van der Waals surface area contributed by atoms with Gasteiger partial charge in [-0.3, -0.25) is 4.79 Å². The number of hydrogen-bond donors (Lipinski definition) is 2. The number of amides is 1. The quantitative estimate of drug-likeness (QED) is 0.785. The lowest BCUT2D eigenvalue weighted by atomic mass is 10.1. The van der Waals surface area contributed by atoms with Gasteiger partial charge in [-0.15, -0.1) is 0 Å². The number of rotatable bonds is 7. The molecule has 2 N–H and O–H groups in total. The van der Waals surface area contributed by atoms with Crippen LogP contribution >= 0.6 is 0 Å². The van der Waals surface area contributed by atoms with E-state index in [0.717, 1.165) is 18.4 Å². The van der Waals surface area contributed by atoms with Crippen LogP contribution in [0.4, 0.5) is 0 Å². The molecule has 1 saturated carbocycles. The van der Waals surface area contributed by atoms with E-state index in [4.69, 9.17) is 9.47 Å². The molecule has 0 radical (unpaired) electrons. The number of methoxy groups -OCH3 is 2. The zero-order valence-corrected chi connectivity index (χ0v) is 11.9. The lowest BCUT2D eigenvalue weighted by molar-refractivity contribution is -0.120. The first-order chi connectivity index (χ1) is 9.62. The molecule has 110 valence electrons. The van der Waals surface area contributed by atoms with Crippen LogP contribution in [0.15, 0.2) is 18.2 Å². The Bertz CT molecular complexity index is 483. The predicted octanol–water partition coefficient (Wildman–Crippen LogP) is 1.14. The summed E-state index contributed by atoms with van der Waals surface area (Å²) >= 11 is 0. The number of aliphatic hydroxyl groups excluding tert-OH is 1. The lowest BCUT2D eigenvalue weighted by Gasteiger charge is -2.14. The maximum atomic E-state index is 11.9. The first-order valence-electron chi connectivity index (χ1n) is 6.71. The van der Waals surface area contributed by atoms with Gasteiger partial charge in [-0.1, -0.05) is 6.07 Å². The van der Waals surface area contributed by atoms with Crippen LogP contribution in [0.2, 0.25) is 0 Å². The molecule has 1 aliphatic rings. The number of nitrogens with one attached hydrogen (secondary N) is 1.